The standard InChI is InChI=1S/C28H30N6O2/c1-28(2,3)36-27(35)19-6-4-18(5-7-19)14-34-21-12-22(34)16-33(15-21)24-9-8-20(13-30-24)25-23-10-11-29-26(23)32-17-31-25/h4-11,13,17,21-22H,12,14-16H2,1-3H3,(H,29,31,32). The summed E-state index contributed by atoms with van der Waals surface area (Å²) in [6.45, 7) is 8.48. The van der Waals surface area contributed by atoms with E-state index in [1.54, 1.807) is 6.33 Å². The van der Waals surface area contributed by atoms with E-state index >= 15 is 0 Å². The minimum atomic E-state index is -0.489. The van der Waals surface area contributed by atoms with E-state index in [-0.39, 0.29) is 5.97 Å². The first-order valence-electron chi connectivity index (χ1n) is 12.4. The van der Waals surface area contributed by atoms with Crippen LogP contribution >= 0.6 is 0 Å². The van der Waals surface area contributed by atoms with Gasteiger partial charge >= 0.3 is 5.97 Å². The number of benzene rings is 1. The van der Waals surface area contributed by atoms with E-state index in [1.165, 1.54) is 12.0 Å². The Balaban J connectivity index is 1.08. The molecule has 1 aromatic carbocycles. The number of pyridine rings is 1. The summed E-state index contributed by atoms with van der Waals surface area (Å²) in [7, 11) is 0. The third-order valence-corrected chi connectivity index (χ3v) is 7.00. The summed E-state index contributed by atoms with van der Waals surface area (Å²) in [4.78, 5) is 33.9. The van der Waals surface area contributed by atoms with Gasteiger partial charge in [0.05, 0.1) is 11.3 Å². The summed E-state index contributed by atoms with van der Waals surface area (Å²) < 4.78 is 5.47. The van der Waals surface area contributed by atoms with Gasteiger partial charge in [-0.3, -0.25) is 4.90 Å². The maximum Gasteiger partial charge on any atom is 0.338 e. The Morgan fingerprint density at radius 2 is 1.81 bits per heavy atom. The highest BCUT2D eigenvalue weighted by Crippen LogP contribution is 2.36. The van der Waals surface area contributed by atoms with Crippen LogP contribution in [-0.4, -0.2) is 61.6 Å². The van der Waals surface area contributed by atoms with Gasteiger partial charge in [-0.2, -0.15) is 0 Å². The van der Waals surface area contributed by atoms with Gasteiger partial charge in [0.2, 0.25) is 0 Å². The van der Waals surface area contributed by atoms with Crippen molar-refractivity contribution in [2.75, 3.05) is 18.0 Å². The number of nitrogens with zero attached hydrogens (tertiary/aromatic N) is 5. The van der Waals surface area contributed by atoms with Gasteiger partial charge < -0.3 is 14.6 Å². The van der Waals surface area contributed by atoms with Crippen LogP contribution in [0.25, 0.3) is 22.3 Å². The number of piperazine rings is 1. The highest BCUT2D eigenvalue weighted by Gasteiger charge is 2.44. The van der Waals surface area contributed by atoms with Crippen LogP contribution in [-0.2, 0) is 11.3 Å². The fourth-order valence-corrected chi connectivity index (χ4v) is 5.24. The number of carbonyl (C=O) groups is 1. The number of hydrogen-bond acceptors (Lipinski definition) is 7. The zero-order valence-corrected chi connectivity index (χ0v) is 20.8. The van der Waals surface area contributed by atoms with Gasteiger partial charge in [0.1, 0.15) is 23.4 Å². The number of nitrogens with one attached hydrogen (secondary N) is 1. The first kappa shape index (κ1) is 22.7. The van der Waals surface area contributed by atoms with Crippen molar-refractivity contribution < 1.29 is 9.53 Å². The van der Waals surface area contributed by atoms with Gasteiger partial charge in [0.25, 0.3) is 0 Å². The average Bonchev–Trinajstić information content (AvgIpc) is 3.36. The van der Waals surface area contributed by atoms with Crippen LogP contribution in [0.2, 0.25) is 0 Å². The fraction of sp³-hybridized carbons (Fsp3) is 0.357. The Labute approximate surface area is 210 Å². The summed E-state index contributed by atoms with van der Waals surface area (Å²) >= 11 is 0. The zero-order valence-electron chi connectivity index (χ0n) is 20.8. The van der Waals surface area contributed by atoms with Gasteiger partial charge in [0.15, 0.2) is 0 Å². The molecule has 184 valence electrons. The Bertz CT molecular complexity index is 1380. The first-order chi connectivity index (χ1) is 17.3. The van der Waals surface area contributed by atoms with Crippen molar-refractivity contribution in [3.63, 3.8) is 0 Å². The second-order valence-corrected chi connectivity index (χ2v) is 10.7. The number of rotatable bonds is 5. The predicted octanol–water partition coefficient (Wildman–Crippen LogP) is 4.44. The minimum Gasteiger partial charge on any atom is -0.456 e. The Kier molecular flexibility index (Phi) is 5.48. The van der Waals surface area contributed by atoms with Gasteiger partial charge in [-0.25, -0.2) is 19.7 Å². The molecule has 3 aliphatic heterocycles. The lowest BCUT2D eigenvalue weighted by Crippen LogP contribution is -2.68. The summed E-state index contributed by atoms with van der Waals surface area (Å²) in [5.41, 5.74) is 4.04. The van der Waals surface area contributed by atoms with Gasteiger partial charge in [0, 0.05) is 55.1 Å². The fourth-order valence-electron chi connectivity index (χ4n) is 5.24. The molecule has 3 aliphatic rings. The second-order valence-electron chi connectivity index (χ2n) is 10.7. The van der Waals surface area contributed by atoms with Crippen LogP contribution < -0.4 is 4.90 Å². The smallest absolute Gasteiger partial charge is 0.338 e. The van der Waals surface area contributed by atoms with Crippen LogP contribution in [0.3, 0.4) is 0 Å². The maximum absolute atomic E-state index is 12.3. The van der Waals surface area contributed by atoms with Crippen molar-refractivity contribution in [3.05, 3.63) is 72.3 Å². The number of esters is 1. The molecule has 3 fully saturated rings. The quantitative estimate of drug-likeness (QED) is 0.421. The van der Waals surface area contributed by atoms with Gasteiger partial charge in [-0.1, -0.05) is 12.1 Å². The van der Waals surface area contributed by atoms with E-state index < -0.39 is 5.60 Å². The molecule has 0 aliphatic carbocycles. The van der Waals surface area contributed by atoms with Crippen LogP contribution in [0, 0.1) is 0 Å². The van der Waals surface area contributed by atoms with Crippen LogP contribution in [0.15, 0.2) is 61.2 Å². The molecule has 7 rings (SSSR count). The molecule has 1 N–H and O–H groups in total. The Morgan fingerprint density at radius 1 is 1.03 bits per heavy atom. The van der Waals surface area contributed by atoms with E-state index in [0.29, 0.717) is 17.6 Å². The molecule has 0 radical (unpaired) electrons. The minimum absolute atomic E-state index is 0.277. The lowest BCUT2D eigenvalue weighted by molar-refractivity contribution is -0.00872. The number of H-pyrrole nitrogens is 1. The van der Waals surface area contributed by atoms with Crippen LogP contribution in [0.4, 0.5) is 5.82 Å². The second kappa shape index (κ2) is 8.71. The molecular formula is C28H30N6O2. The Hall–Kier alpha value is -3.78. The number of anilines is 1. The van der Waals surface area contributed by atoms with Crippen molar-refractivity contribution in [1.29, 1.82) is 0 Å². The van der Waals surface area contributed by atoms with E-state index in [9.17, 15) is 4.79 Å². The molecular weight excluding hydrogens is 452 g/mol. The highest BCUT2D eigenvalue weighted by atomic mass is 16.6. The molecule has 3 saturated heterocycles. The lowest BCUT2D eigenvalue weighted by Gasteiger charge is -2.56. The van der Waals surface area contributed by atoms with Crippen molar-refractivity contribution in [2.24, 2.45) is 0 Å². The lowest BCUT2D eigenvalue weighted by atomic mass is 9.86. The summed E-state index contributed by atoms with van der Waals surface area (Å²) in [6, 6.07) is 15.0. The van der Waals surface area contributed by atoms with Crippen molar-refractivity contribution in [3.8, 4) is 11.3 Å². The maximum atomic E-state index is 12.3. The molecule has 0 amide bonds. The number of fused-ring (bicyclic) bond motifs is 3. The SMILES string of the molecule is CC(C)(C)OC(=O)c1ccc(CN2C3CC2CN(c2ccc(-c4ncnc5[nH]ccc45)cn2)C3)cc1. The Morgan fingerprint density at radius 3 is 2.50 bits per heavy atom. The number of hydrogen-bond donors (Lipinski definition) is 1. The molecule has 8 nitrogen and oxygen atoms in total. The van der Waals surface area contributed by atoms with E-state index in [0.717, 1.165) is 47.7 Å². The monoisotopic (exact) mass is 482 g/mol. The van der Waals surface area contributed by atoms with Crippen molar-refractivity contribution >= 4 is 22.8 Å². The molecule has 0 spiro atoms. The normalized spacial score (nSPS) is 19.8. The largest absolute Gasteiger partial charge is 0.456 e. The molecule has 3 aromatic heterocycles. The zero-order chi connectivity index (χ0) is 24.9. The van der Waals surface area contributed by atoms with E-state index in [1.807, 2.05) is 63.5 Å². The number of carbonyl (C=O) groups excluding carboxylic acids is 1. The van der Waals surface area contributed by atoms with E-state index in [2.05, 4.69) is 36.9 Å². The molecule has 36 heavy (non-hydrogen) atoms. The number of ether oxygens (including phenoxy) is 1. The third-order valence-electron chi connectivity index (χ3n) is 7.00. The summed E-state index contributed by atoms with van der Waals surface area (Å²) in [6.07, 6.45) is 6.59. The third kappa shape index (κ3) is 4.33. The molecule has 4 aromatic rings. The predicted molar refractivity (Wildman–Crippen MR) is 139 cm³/mol. The van der Waals surface area contributed by atoms with Crippen molar-refractivity contribution in [1.82, 2.24) is 24.8 Å². The van der Waals surface area contributed by atoms with Crippen LogP contribution in [0.5, 0.6) is 0 Å². The van der Waals surface area contributed by atoms with Gasteiger partial charge in [-0.15, -0.1) is 0 Å². The topological polar surface area (TPSA) is 87.2 Å². The highest BCUT2D eigenvalue weighted by molar-refractivity contribution is 5.90. The molecule has 6 heterocycles. The number of aromatic amines is 1. The molecule has 2 atom stereocenters. The molecule has 2 unspecified atom stereocenters. The molecule has 8 heteroatoms. The molecule has 0 saturated carbocycles. The summed E-state index contributed by atoms with van der Waals surface area (Å²) in [5, 5.41) is 1.00. The molecule has 2 bridgehead atoms. The summed E-state index contributed by atoms with van der Waals surface area (Å²) in [5.74, 6) is 0.732. The average molecular weight is 483 g/mol. The van der Waals surface area contributed by atoms with Crippen molar-refractivity contribution in [2.45, 2.75) is 51.4 Å². The number of piperidine rings is 1. The van der Waals surface area contributed by atoms with E-state index in [4.69, 9.17) is 9.72 Å². The number of aromatic nitrogens is 4. The first-order valence-corrected chi connectivity index (χ1v) is 12.4. The van der Waals surface area contributed by atoms with Crippen LogP contribution in [0.1, 0.15) is 43.1 Å². The van der Waals surface area contributed by atoms with Gasteiger partial charge in [-0.05, 0) is 63.1 Å².